The highest BCUT2D eigenvalue weighted by Crippen LogP contribution is 2.26. The van der Waals surface area contributed by atoms with E-state index in [9.17, 15) is 4.79 Å². The van der Waals surface area contributed by atoms with Crippen LogP contribution in [0.2, 0.25) is 5.02 Å². The Morgan fingerprint density at radius 2 is 1.54 bits per heavy atom. The van der Waals surface area contributed by atoms with Crippen LogP contribution in [0.15, 0.2) is 94.4 Å². The second kappa shape index (κ2) is 8.34. The minimum atomic E-state index is -0.230. The molecule has 0 radical (unpaired) electrons. The van der Waals surface area contributed by atoms with Crippen molar-refractivity contribution in [2.24, 2.45) is 0 Å². The van der Waals surface area contributed by atoms with Gasteiger partial charge in [0, 0.05) is 16.1 Å². The number of aryl methyl sites for hydroxylation is 1. The number of benzene rings is 3. The number of hydrogen-bond donors (Lipinski definition) is 0. The number of hydrogen-bond acceptors (Lipinski definition) is 6. The van der Waals surface area contributed by atoms with Crippen molar-refractivity contribution >= 4 is 22.6 Å². The Morgan fingerprint density at radius 1 is 0.829 bits per heavy atom. The van der Waals surface area contributed by atoms with E-state index in [0.717, 1.165) is 16.8 Å². The molecule has 0 spiro atoms. The lowest BCUT2D eigenvalue weighted by atomic mass is 10.1. The molecule has 0 aliphatic rings. The number of fused-ring (bicyclic) bond motifs is 1. The maximum Gasteiger partial charge on any atom is 0.269 e. The number of para-hydroxylation sites is 1. The van der Waals surface area contributed by atoms with Crippen molar-refractivity contribution < 1.29 is 4.52 Å². The van der Waals surface area contributed by atoms with Gasteiger partial charge in [0.05, 0.1) is 17.6 Å². The number of halogens is 1. The van der Waals surface area contributed by atoms with E-state index in [4.69, 9.17) is 21.1 Å². The molecule has 0 amide bonds. The highest BCUT2D eigenvalue weighted by Gasteiger charge is 2.19. The molecule has 0 fully saturated rings. The molecule has 0 N–H and O–H groups in total. The maximum absolute atomic E-state index is 13.7. The van der Waals surface area contributed by atoms with Crippen LogP contribution in [-0.2, 0) is 0 Å². The standard InChI is InChI=1S/C26H17ClN6O2/c1-16-29-25(35-31-16)18-9-7-17(8-10-18)23-30-24-22(15-28-33(24)21-5-3-2-4-6-21)26(34)32(23)20-13-11-19(27)12-14-20/h2-15H,1H3. The Morgan fingerprint density at radius 3 is 2.23 bits per heavy atom. The first kappa shape index (κ1) is 21.0. The molecule has 0 unspecified atom stereocenters. The van der Waals surface area contributed by atoms with E-state index in [1.54, 1.807) is 46.6 Å². The van der Waals surface area contributed by atoms with Crippen molar-refractivity contribution in [3.63, 3.8) is 0 Å². The predicted octanol–water partition coefficient (Wildman–Crippen LogP) is 5.25. The van der Waals surface area contributed by atoms with Gasteiger partial charge in [-0.25, -0.2) is 9.67 Å². The van der Waals surface area contributed by atoms with Gasteiger partial charge in [0.25, 0.3) is 11.4 Å². The molecule has 0 bridgehead atoms. The van der Waals surface area contributed by atoms with Gasteiger partial charge < -0.3 is 4.52 Å². The quantitative estimate of drug-likeness (QED) is 0.342. The zero-order chi connectivity index (χ0) is 23.9. The van der Waals surface area contributed by atoms with Gasteiger partial charge in [-0.05, 0) is 55.5 Å². The zero-order valence-electron chi connectivity index (χ0n) is 18.5. The number of nitrogens with zero attached hydrogens (tertiary/aromatic N) is 6. The number of rotatable bonds is 4. The van der Waals surface area contributed by atoms with Crippen LogP contribution in [-0.4, -0.2) is 29.5 Å². The third-order valence-electron chi connectivity index (χ3n) is 5.60. The highest BCUT2D eigenvalue weighted by atomic mass is 35.5. The summed E-state index contributed by atoms with van der Waals surface area (Å²) in [6.07, 6.45) is 1.55. The minimum absolute atomic E-state index is 0.230. The van der Waals surface area contributed by atoms with E-state index < -0.39 is 0 Å². The van der Waals surface area contributed by atoms with Gasteiger partial charge in [0.15, 0.2) is 11.5 Å². The Balaban J connectivity index is 1.59. The molecular weight excluding hydrogens is 464 g/mol. The summed E-state index contributed by atoms with van der Waals surface area (Å²) in [6.45, 7) is 1.77. The summed E-state index contributed by atoms with van der Waals surface area (Å²) in [5.74, 6) is 1.45. The molecule has 3 heterocycles. The van der Waals surface area contributed by atoms with Crippen molar-refractivity contribution in [2.75, 3.05) is 0 Å². The zero-order valence-corrected chi connectivity index (χ0v) is 19.2. The molecule has 170 valence electrons. The maximum atomic E-state index is 13.7. The molecule has 0 saturated heterocycles. The summed E-state index contributed by atoms with van der Waals surface area (Å²) in [5, 5.41) is 9.29. The van der Waals surface area contributed by atoms with E-state index in [1.165, 1.54) is 0 Å². The second-order valence-corrected chi connectivity index (χ2v) is 8.34. The van der Waals surface area contributed by atoms with E-state index >= 15 is 0 Å². The molecule has 0 atom stereocenters. The normalized spacial score (nSPS) is 11.3. The molecule has 0 aliphatic carbocycles. The molecule has 6 rings (SSSR count). The van der Waals surface area contributed by atoms with Crippen LogP contribution in [0.3, 0.4) is 0 Å². The Labute approximate surface area is 204 Å². The van der Waals surface area contributed by atoms with E-state index in [2.05, 4.69) is 15.2 Å². The first-order valence-corrected chi connectivity index (χ1v) is 11.2. The van der Waals surface area contributed by atoms with Crippen molar-refractivity contribution in [1.29, 1.82) is 0 Å². The molecule has 8 nitrogen and oxygen atoms in total. The van der Waals surface area contributed by atoms with Crippen LogP contribution in [0.4, 0.5) is 0 Å². The summed E-state index contributed by atoms with van der Waals surface area (Å²) < 4.78 is 8.51. The van der Waals surface area contributed by atoms with Gasteiger partial charge in [-0.1, -0.05) is 47.1 Å². The molecule has 9 heteroatoms. The molecule has 3 aromatic carbocycles. The average Bonchev–Trinajstić information content (AvgIpc) is 3.52. The first-order valence-electron chi connectivity index (χ1n) is 10.8. The second-order valence-electron chi connectivity index (χ2n) is 7.91. The molecule has 3 aromatic heterocycles. The lowest BCUT2D eigenvalue weighted by Gasteiger charge is -2.14. The summed E-state index contributed by atoms with van der Waals surface area (Å²) >= 11 is 6.10. The lowest BCUT2D eigenvalue weighted by Crippen LogP contribution is -2.22. The minimum Gasteiger partial charge on any atom is -0.334 e. The van der Waals surface area contributed by atoms with Crippen LogP contribution in [0.25, 0.3) is 45.3 Å². The van der Waals surface area contributed by atoms with Crippen molar-refractivity contribution in [1.82, 2.24) is 29.5 Å². The van der Waals surface area contributed by atoms with Gasteiger partial charge in [0.1, 0.15) is 11.2 Å². The largest absolute Gasteiger partial charge is 0.334 e. The molecule has 35 heavy (non-hydrogen) atoms. The Hall–Kier alpha value is -4.56. The van der Waals surface area contributed by atoms with Crippen LogP contribution in [0.5, 0.6) is 0 Å². The number of aromatic nitrogens is 6. The molecule has 0 saturated carbocycles. The van der Waals surface area contributed by atoms with Gasteiger partial charge in [-0.2, -0.15) is 10.1 Å². The van der Waals surface area contributed by atoms with E-state index in [0.29, 0.717) is 39.3 Å². The highest BCUT2D eigenvalue weighted by molar-refractivity contribution is 6.30. The van der Waals surface area contributed by atoms with Crippen molar-refractivity contribution in [2.45, 2.75) is 6.92 Å². The van der Waals surface area contributed by atoms with Gasteiger partial charge in [-0.15, -0.1) is 0 Å². The van der Waals surface area contributed by atoms with Crippen molar-refractivity contribution in [3.8, 4) is 34.2 Å². The van der Waals surface area contributed by atoms with Gasteiger partial charge >= 0.3 is 0 Å². The smallest absolute Gasteiger partial charge is 0.269 e. The van der Waals surface area contributed by atoms with Crippen LogP contribution >= 0.6 is 11.6 Å². The third kappa shape index (κ3) is 3.70. The lowest BCUT2D eigenvalue weighted by molar-refractivity contribution is 0.425. The van der Waals surface area contributed by atoms with Crippen LogP contribution in [0.1, 0.15) is 5.82 Å². The fourth-order valence-corrected chi connectivity index (χ4v) is 4.05. The monoisotopic (exact) mass is 480 g/mol. The van der Waals surface area contributed by atoms with Crippen LogP contribution < -0.4 is 5.56 Å². The first-order chi connectivity index (χ1) is 17.1. The van der Waals surface area contributed by atoms with Gasteiger partial charge in [-0.3, -0.25) is 9.36 Å². The van der Waals surface area contributed by atoms with Crippen LogP contribution in [0, 0.1) is 6.92 Å². The Bertz CT molecular complexity index is 1720. The molecular formula is C26H17ClN6O2. The molecule has 6 aromatic rings. The average molecular weight is 481 g/mol. The summed E-state index contributed by atoms with van der Waals surface area (Å²) in [4.78, 5) is 23.0. The topological polar surface area (TPSA) is 91.6 Å². The van der Waals surface area contributed by atoms with Gasteiger partial charge in [0.2, 0.25) is 0 Å². The fourth-order valence-electron chi connectivity index (χ4n) is 3.93. The fraction of sp³-hybridized carbons (Fsp3) is 0.0385. The summed E-state index contributed by atoms with van der Waals surface area (Å²) in [5.41, 5.74) is 3.20. The van der Waals surface area contributed by atoms with Crippen molar-refractivity contribution in [3.05, 3.63) is 106 Å². The SMILES string of the molecule is Cc1noc(-c2ccc(-c3nc4c(cnn4-c4ccccc4)c(=O)n3-c3ccc(Cl)cc3)cc2)n1. The van der Waals surface area contributed by atoms with E-state index in [1.807, 2.05) is 54.6 Å². The summed E-state index contributed by atoms with van der Waals surface area (Å²) in [6, 6.07) is 24.1. The predicted molar refractivity (Wildman–Crippen MR) is 133 cm³/mol. The van der Waals surface area contributed by atoms with E-state index in [-0.39, 0.29) is 5.56 Å². The third-order valence-corrected chi connectivity index (χ3v) is 5.86. The molecule has 0 aliphatic heterocycles. The Kier molecular flexibility index (Phi) is 5.00. The summed E-state index contributed by atoms with van der Waals surface area (Å²) in [7, 11) is 0.